The lowest BCUT2D eigenvalue weighted by Gasteiger charge is -2.20. The molecule has 0 radical (unpaired) electrons. The summed E-state index contributed by atoms with van der Waals surface area (Å²) in [6, 6.07) is 4.79. The van der Waals surface area contributed by atoms with Crippen LogP contribution in [0.5, 0.6) is 0 Å². The summed E-state index contributed by atoms with van der Waals surface area (Å²) >= 11 is 1.98. The summed E-state index contributed by atoms with van der Waals surface area (Å²) in [5, 5.41) is 7.74. The molecule has 1 aliphatic carbocycles. The Hall–Kier alpha value is -0.900. The molecule has 0 aliphatic heterocycles. The molecule has 0 amide bonds. The van der Waals surface area contributed by atoms with E-state index in [1.165, 1.54) is 24.9 Å². The van der Waals surface area contributed by atoms with Crippen molar-refractivity contribution in [2.45, 2.75) is 43.9 Å². The highest BCUT2D eigenvalue weighted by molar-refractivity contribution is 7.99. The zero-order valence-electron chi connectivity index (χ0n) is 11.3. The van der Waals surface area contributed by atoms with Gasteiger partial charge in [0, 0.05) is 35.8 Å². The Morgan fingerprint density at radius 3 is 3.11 bits per heavy atom. The Labute approximate surface area is 114 Å². The van der Waals surface area contributed by atoms with E-state index in [1.54, 1.807) is 0 Å². The van der Waals surface area contributed by atoms with Gasteiger partial charge in [-0.1, -0.05) is 13.3 Å². The largest absolute Gasteiger partial charge is 0.381 e. The Morgan fingerprint density at radius 1 is 1.44 bits per heavy atom. The van der Waals surface area contributed by atoms with Gasteiger partial charge in [-0.3, -0.25) is 0 Å². The highest BCUT2D eigenvalue weighted by Gasteiger charge is 2.26. The molecule has 4 heteroatoms. The molecular formula is C14H23N3S. The van der Waals surface area contributed by atoms with Gasteiger partial charge in [0.25, 0.3) is 0 Å². The maximum absolute atomic E-state index is 4.33. The molecule has 1 aromatic heterocycles. The molecule has 1 fully saturated rings. The van der Waals surface area contributed by atoms with E-state index < -0.39 is 0 Å². The Morgan fingerprint density at radius 2 is 2.33 bits per heavy atom. The van der Waals surface area contributed by atoms with Gasteiger partial charge in [-0.25, -0.2) is 4.98 Å². The van der Waals surface area contributed by atoms with E-state index >= 15 is 0 Å². The third-order valence-electron chi connectivity index (χ3n) is 3.42. The van der Waals surface area contributed by atoms with Crippen LogP contribution in [0.3, 0.4) is 0 Å². The van der Waals surface area contributed by atoms with Gasteiger partial charge in [-0.15, -0.1) is 0 Å². The highest BCUT2D eigenvalue weighted by Crippen LogP contribution is 2.30. The van der Waals surface area contributed by atoms with Gasteiger partial charge in [0.1, 0.15) is 5.82 Å². The second-order valence-corrected chi connectivity index (χ2v) is 5.89. The number of anilines is 2. The minimum absolute atomic E-state index is 0.612. The summed E-state index contributed by atoms with van der Waals surface area (Å²) in [5.41, 5.74) is 1.19. The number of hydrogen-bond acceptors (Lipinski definition) is 4. The predicted octanol–water partition coefficient (Wildman–Crippen LogP) is 3.60. The van der Waals surface area contributed by atoms with Gasteiger partial charge in [-0.05, 0) is 31.6 Å². The van der Waals surface area contributed by atoms with Gasteiger partial charge in [-0.2, -0.15) is 11.8 Å². The first-order valence-electron chi connectivity index (χ1n) is 6.82. The van der Waals surface area contributed by atoms with E-state index in [4.69, 9.17) is 0 Å². The van der Waals surface area contributed by atoms with Crippen LogP contribution in [0, 0.1) is 0 Å². The first-order valence-corrected chi connectivity index (χ1v) is 8.11. The molecule has 3 nitrogen and oxygen atoms in total. The third-order valence-corrected chi connectivity index (χ3v) is 4.59. The monoisotopic (exact) mass is 265 g/mol. The first-order chi connectivity index (χ1) is 8.83. The Bertz CT molecular complexity index is 370. The number of nitrogens with one attached hydrogen (secondary N) is 2. The van der Waals surface area contributed by atoms with Crippen LogP contribution in [0.15, 0.2) is 18.3 Å². The fourth-order valence-corrected chi connectivity index (χ4v) is 3.39. The zero-order valence-corrected chi connectivity index (χ0v) is 12.1. The molecule has 2 rings (SSSR count). The maximum atomic E-state index is 4.33. The molecule has 18 heavy (non-hydrogen) atoms. The number of rotatable bonds is 6. The van der Waals surface area contributed by atoms with Crippen LogP contribution >= 0.6 is 11.8 Å². The quantitative estimate of drug-likeness (QED) is 0.824. The van der Waals surface area contributed by atoms with Crippen LogP contribution in [-0.2, 0) is 0 Å². The summed E-state index contributed by atoms with van der Waals surface area (Å²) in [6.07, 6.45) is 9.18. The van der Waals surface area contributed by atoms with Gasteiger partial charge < -0.3 is 10.6 Å². The average Bonchev–Trinajstić information content (AvgIpc) is 2.84. The minimum atomic E-state index is 0.612. The van der Waals surface area contributed by atoms with Crippen molar-refractivity contribution in [2.75, 3.05) is 23.4 Å². The molecule has 1 aromatic rings. The van der Waals surface area contributed by atoms with Gasteiger partial charge in [0.15, 0.2) is 0 Å². The lowest BCUT2D eigenvalue weighted by Crippen LogP contribution is -2.25. The number of aromatic nitrogens is 1. The van der Waals surface area contributed by atoms with E-state index in [1.807, 2.05) is 18.0 Å². The van der Waals surface area contributed by atoms with Crippen LogP contribution in [0.4, 0.5) is 11.5 Å². The molecule has 2 atom stereocenters. The van der Waals surface area contributed by atoms with E-state index in [-0.39, 0.29) is 0 Å². The summed E-state index contributed by atoms with van der Waals surface area (Å²) in [5.74, 6) is 0.973. The van der Waals surface area contributed by atoms with Crippen LogP contribution in [0.1, 0.15) is 32.6 Å². The summed E-state index contributed by atoms with van der Waals surface area (Å²) in [7, 11) is 0. The molecule has 0 bridgehead atoms. The van der Waals surface area contributed by atoms with Crippen molar-refractivity contribution in [3.05, 3.63) is 18.3 Å². The molecule has 1 aliphatic rings. The van der Waals surface area contributed by atoms with Crippen molar-refractivity contribution < 1.29 is 0 Å². The van der Waals surface area contributed by atoms with Crippen LogP contribution in [0.25, 0.3) is 0 Å². The third kappa shape index (κ3) is 3.55. The van der Waals surface area contributed by atoms with Crippen molar-refractivity contribution in [3.63, 3.8) is 0 Å². The molecule has 0 saturated heterocycles. The SMILES string of the molecule is CCCNc1cc(NC2CCCC2SC)ccn1. The van der Waals surface area contributed by atoms with Crippen molar-refractivity contribution in [1.29, 1.82) is 0 Å². The molecule has 100 valence electrons. The van der Waals surface area contributed by atoms with E-state index in [9.17, 15) is 0 Å². The second kappa shape index (κ2) is 6.88. The molecule has 1 saturated carbocycles. The Balaban J connectivity index is 1.96. The van der Waals surface area contributed by atoms with E-state index in [0.717, 1.165) is 24.0 Å². The number of thioether (sulfide) groups is 1. The topological polar surface area (TPSA) is 37.0 Å². The summed E-state index contributed by atoms with van der Waals surface area (Å²) in [4.78, 5) is 4.33. The van der Waals surface area contributed by atoms with Gasteiger partial charge in [0.2, 0.25) is 0 Å². The number of pyridine rings is 1. The van der Waals surface area contributed by atoms with Crippen molar-refractivity contribution >= 4 is 23.3 Å². The van der Waals surface area contributed by atoms with Crippen LogP contribution in [0.2, 0.25) is 0 Å². The minimum Gasteiger partial charge on any atom is -0.381 e. The van der Waals surface area contributed by atoms with E-state index in [2.05, 4.69) is 40.9 Å². The second-order valence-electron chi connectivity index (χ2n) is 4.81. The molecule has 0 aromatic carbocycles. The summed E-state index contributed by atoms with van der Waals surface area (Å²) in [6.45, 7) is 3.14. The normalized spacial score (nSPS) is 23.0. The summed E-state index contributed by atoms with van der Waals surface area (Å²) < 4.78 is 0. The lowest BCUT2D eigenvalue weighted by molar-refractivity contribution is 0.768. The average molecular weight is 265 g/mol. The maximum Gasteiger partial charge on any atom is 0.127 e. The van der Waals surface area contributed by atoms with Crippen LogP contribution in [-0.4, -0.2) is 29.1 Å². The van der Waals surface area contributed by atoms with Gasteiger partial charge >= 0.3 is 0 Å². The van der Waals surface area contributed by atoms with Crippen molar-refractivity contribution in [3.8, 4) is 0 Å². The molecule has 1 heterocycles. The predicted molar refractivity (Wildman–Crippen MR) is 81.6 cm³/mol. The van der Waals surface area contributed by atoms with Crippen LogP contribution < -0.4 is 10.6 Å². The molecule has 2 N–H and O–H groups in total. The van der Waals surface area contributed by atoms with Crippen molar-refractivity contribution in [2.24, 2.45) is 0 Å². The smallest absolute Gasteiger partial charge is 0.127 e. The fourth-order valence-electron chi connectivity index (χ4n) is 2.46. The Kier molecular flexibility index (Phi) is 5.17. The van der Waals surface area contributed by atoms with Crippen molar-refractivity contribution in [1.82, 2.24) is 4.98 Å². The molecular weight excluding hydrogens is 242 g/mol. The number of hydrogen-bond donors (Lipinski definition) is 2. The zero-order chi connectivity index (χ0) is 12.8. The number of nitrogens with zero attached hydrogens (tertiary/aromatic N) is 1. The molecule has 2 unspecified atom stereocenters. The highest BCUT2D eigenvalue weighted by atomic mass is 32.2. The fraction of sp³-hybridized carbons (Fsp3) is 0.643. The first kappa shape index (κ1) is 13.5. The molecule has 0 spiro atoms. The van der Waals surface area contributed by atoms with Gasteiger partial charge in [0.05, 0.1) is 0 Å². The standard InChI is InChI=1S/C14H23N3S/c1-3-8-15-14-10-11(7-9-16-14)17-12-5-4-6-13(12)18-2/h7,9-10,12-13H,3-6,8H2,1-2H3,(H2,15,16,17). The lowest BCUT2D eigenvalue weighted by atomic mass is 10.2. The van der Waals surface area contributed by atoms with E-state index in [0.29, 0.717) is 6.04 Å².